The summed E-state index contributed by atoms with van der Waals surface area (Å²) in [6.07, 6.45) is 2.26. The predicted molar refractivity (Wildman–Crippen MR) is 76.6 cm³/mol. The normalized spacial score (nSPS) is 18.6. The van der Waals surface area contributed by atoms with Gasteiger partial charge in [-0.15, -0.1) is 0 Å². The van der Waals surface area contributed by atoms with Crippen molar-refractivity contribution in [3.8, 4) is 0 Å². The molecule has 1 unspecified atom stereocenters. The molecule has 1 aliphatic heterocycles. The van der Waals surface area contributed by atoms with E-state index in [1.807, 2.05) is 6.92 Å². The number of aryl methyl sites for hydroxylation is 1. The van der Waals surface area contributed by atoms with E-state index in [9.17, 15) is 9.59 Å². The maximum atomic E-state index is 12.6. The number of nitrogens with zero attached hydrogens (tertiary/aromatic N) is 3. The van der Waals surface area contributed by atoms with Crippen molar-refractivity contribution >= 4 is 17.6 Å². The Morgan fingerprint density at radius 1 is 1.57 bits per heavy atom. The summed E-state index contributed by atoms with van der Waals surface area (Å²) in [4.78, 5) is 26.2. The van der Waals surface area contributed by atoms with Crippen molar-refractivity contribution in [3.05, 3.63) is 11.8 Å². The van der Waals surface area contributed by atoms with Gasteiger partial charge in [0.15, 0.2) is 0 Å². The molecular weight excluding hydrogens is 274 g/mol. The molecule has 0 aromatic carbocycles. The lowest BCUT2D eigenvalue weighted by Crippen LogP contribution is -2.56. The van der Waals surface area contributed by atoms with Crippen LogP contribution < -0.4 is 11.1 Å². The summed E-state index contributed by atoms with van der Waals surface area (Å²) in [5, 5.41) is 6.76. The Bertz CT molecular complexity index is 528. The molecule has 8 nitrogen and oxygen atoms in total. The van der Waals surface area contributed by atoms with Crippen molar-refractivity contribution in [2.24, 2.45) is 7.05 Å². The number of hydrogen-bond acceptors (Lipinski definition) is 5. The Labute approximate surface area is 123 Å². The van der Waals surface area contributed by atoms with Gasteiger partial charge < -0.3 is 20.7 Å². The fraction of sp³-hybridized carbons (Fsp3) is 0.615. The second kappa shape index (κ2) is 6.57. The van der Waals surface area contributed by atoms with Crippen LogP contribution in [0.5, 0.6) is 0 Å². The number of ether oxygens (including phenoxy) is 1. The molecule has 1 aromatic rings. The lowest BCUT2D eigenvalue weighted by Gasteiger charge is -2.34. The molecule has 1 aromatic heterocycles. The van der Waals surface area contributed by atoms with Gasteiger partial charge in [-0.2, -0.15) is 5.10 Å². The van der Waals surface area contributed by atoms with Crippen LogP contribution in [0.1, 0.15) is 23.7 Å². The summed E-state index contributed by atoms with van der Waals surface area (Å²) in [7, 11) is 1.66. The minimum absolute atomic E-state index is 0.196. The monoisotopic (exact) mass is 295 g/mol. The van der Waals surface area contributed by atoms with Crippen LogP contribution in [0, 0.1) is 0 Å². The first-order valence-corrected chi connectivity index (χ1v) is 7.00. The van der Waals surface area contributed by atoms with Gasteiger partial charge in [0.1, 0.15) is 17.4 Å². The van der Waals surface area contributed by atoms with E-state index in [1.54, 1.807) is 7.05 Å². The average Bonchev–Trinajstić information content (AvgIpc) is 2.84. The number of nitrogens with one attached hydrogen (secondary N) is 1. The molecule has 116 valence electrons. The molecule has 0 saturated carbocycles. The number of nitrogens with two attached hydrogens (primary N) is 1. The molecular formula is C13H21N5O3. The van der Waals surface area contributed by atoms with Crippen molar-refractivity contribution in [1.29, 1.82) is 0 Å². The molecule has 0 radical (unpaired) electrons. The standard InChI is InChI=1S/C13H21N5O3/c1-3-4-15-12(19)10-8-21-6-5-18(10)13(20)9-7-16-17(2)11(9)14/h7,10H,3-6,8,14H2,1-2H3,(H,15,19). The number of nitrogen functional groups attached to an aromatic ring is 1. The molecule has 1 saturated heterocycles. The molecule has 21 heavy (non-hydrogen) atoms. The van der Waals surface area contributed by atoms with E-state index in [0.717, 1.165) is 6.42 Å². The van der Waals surface area contributed by atoms with E-state index >= 15 is 0 Å². The maximum Gasteiger partial charge on any atom is 0.260 e. The van der Waals surface area contributed by atoms with Gasteiger partial charge in [0.2, 0.25) is 5.91 Å². The second-order valence-corrected chi connectivity index (χ2v) is 4.95. The summed E-state index contributed by atoms with van der Waals surface area (Å²) in [5.41, 5.74) is 6.15. The third-order valence-corrected chi connectivity index (χ3v) is 3.46. The highest BCUT2D eigenvalue weighted by Crippen LogP contribution is 2.17. The lowest BCUT2D eigenvalue weighted by atomic mass is 10.1. The highest BCUT2D eigenvalue weighted by atomic mass is 16.5. The lowest BCUT2D eigenvalue weighted by molar-refractivity contribution is -0.130. The highest BCUT2D eigenvalue weighted by Gasteiger charge is 2.34. The quantitative estimate of drug-likeness (QED) is 0.770. The minimum atomic E-state index is -0.627. The van der Waals surface area contributed by atoms with Gasteiger partial charge in [-0.1, -0.05) is 6.92 Å². The van der Waals surface area contributed by atoms with E-state index in [4.69, 9.17) is 10.5 Å². The van der Waals surface area contributed by atoms with Crippen LogP contribution in [0.3, 0.4) is 0 Å². The Morgan fingerprint density at radius 2 is 2.33 bits per heavy atom. The number of morpholine rings is 1. The van der Waals surface area contributed by atoms with Crippen LogP contribution in [-0.2, 0) is 16.6 Å². The smallest absolute Gasteiger partial charge is 0.260 e. The fourth-order valence-electron chi connectivity index (χ4n) is 2.20. The minimum Gasteiger partial charge on any atom is -0.383 e. The van der Waals surface area contributed by atoms with Gasteiger partial charge in [-0.05, 0) is 6.42 Å². The maximum absolute atomic E-state index is 12.6. The van der Waals surface area contributed by atoms with Crippen molar-refractivity contribution in [1.82, 2.24) is 20.0 Å². The fourth-order valence-corrected chi connectivity index (χ4v) is 2.20. The Morgan fingerprint density at radius 3 is 2.95 bits per heavy atom. The van der Waals surface area contributed by atoms with Crippen LogP contribution in [0.2, 0.25) is 0 Å². The van der Waals surface area contributed by atoms with E-state index in [-0.39, 0.29) is 18.4 Å². The van der Waals surface area contributed by atoms with Gasteiger partial charge >= 0.3 is 0 Å². The third kappa shape index (κ3) is 3.15. The predicted octanol–water partition coefficient (Wildman–Crippen LogP) is -0.630. The molecule has 2 amide bonds. The van der Waals surface area contributed by atoms with Crippen LogP contribution in [0.4, 0.5) is 5.82 Å². The molecule has 0 aliphatic carbocycles. The number of rotatable bonds is 4. The first-order valence-electron chi connectivity index (χ1n) is 7.00. The van der Waals surface area contributed by atoms with E-state index in [2.05, 4.69) is 10.4 Å². The van der Waals surface area contributed by atoms with Crippen molar-refractivity contribution in [3.63, 3.8) is 0 Å². The van der Waals surface area contributed by atoms with Crippen molar-refractivity contribution in [2.75, 3.05) is 32.0 Å². The number of aromatic nitrogens is 2. The van der Waals surface area contributed by atoms with E-state index in [0.29, 0.717) is 31.1 Å². The summed E-state index contributed by atoms with van der Waals surface area (Å²) in [5.74, 6) is -0.202. The molecule has 8 heteroatoms. The Hall–Kier alpha value is -2.09. The number of carbonyl (C=O) groups is 2. The molecule has 0 bridgehead atoms. The van der Waals surface area contributed by atoms with Crippen LogP contribution in [0.25, 0.3) is 0 Å². The number of amides is 2. The topological polar surface area (TPSA) is 102 Å². The van der Waals surface area contributed by atoms with Gasteiger partial charge in [0, 0.05) is 20.1 Å². The first kappa shape index (κ1) is 15.3. The molecule has 1 atom stereocenters. The highest BCUT2D eigenvalue weighted by molar-refractivity contribution is 6.00. The molecule has 2 heterocycles. The molecule has 0 spiro atoms. The van der Waals surface area contributed by atoms with Crippen LogP contribution in [-0.4, -0.2) is 58.8 Å². The third-order valence-electron chi connectivity index (χ3n) is 3.46. The molecule has 1 fully saturated rings. The average molecular weight is 295 g/mol. The van der Waals surface area contributed by atoms with Gasteiger partial charge in [0.05, 0.1) is 19.4 Å². The summed E-state index contributed by atoms with van der Waals surface area (Å²) in [6, 6.07) is -0.627. The van der Waals surface area contributed by atoms with E-state index in [1.165, 1.54) is 15.8 Å². The SMILES string of the molecule is CCCNC(=O)C1COCCN1C(=O)c1cnn(C)c1N. The van der Waals surface area contributed by atoms with Gasteiger partial charge in [0.25, 0.3) is 5.91 Å². The van der Waals surface area contributed by atoms with Crippen molar-refractivity contribution < 1.29 is 14.3 Å². The molecule has 3 N–H and O–H groups in total. The number of anilines is 1. The first-order chi connectivity index (χ1) is 10.1. The molecule has 2 rings (SSSR count). The Balaban J connectivity index is 2.16. The number of hydrogen-bond donors (Lipinski definition) is 2. The van der Waals surface area contributed by atoms with Crippen molar-refractivity contribution in [2.45, 2.75) is 19.4 Å². The van der Waals surface area contributed by atoms with Gasteiger partial charge in [-0.3, -0.25) is 14.3 Å². The number of carbonyl (C=O) groups excluding carboxylic acids is 2. The van der Waals surface area contributed by atoms with Gasteiger partial charge in [-0.25, -0.2) is 0 Å². The van der Waals surface area contributed by atoms with Crippen LogP contribution >= 0.6 is 0 Å². The Kier molecular flexibility index (Phi) is 4.79. The molecule has 1 aliphatic rings. The summed E-state index contributed by atoms with van der Waals surface area (Å²) >= 11 is 0. The zero-order valence-corrected chi connectivity index (χ0v) is 12.3. The van der Waals surface area contributed by atoms with Crippen LogP contribution in [0.15, 0.2) is 6.20 Å². The zero-order chi connectivity index (χ0) is 15.4. The largest absolute Gasteiger partial charge is 0.383 e. The summed E-state index contributed by atoms with van der Waals surface area (Å²) < 4.78 is 6.76. The second-order valence-electron chi connectivity index (χ2n) is 4.95. The summed E-state index contributed by atoms with van der Waals surface area (Å²) in [6.45, 7) is 3.51. The van der Waals surface area contributed by atoms with E-state index < -0.39 is 6.04 Å². The zero-order valence-electron chi connectivity index (χ0n) is 12.3.